The molecule has 0 bridgehead atoms. The number of aliphatic hydroxyl groups excluding tert-OH is 1. The highest BCUT2D eigenvalue weighted by atomic mass is 16.3. The molecular formula is C7H14N2O3. The minimum Gasteiger partial charge on any atom is -0.387 e. The molecule has 0 saturated carbocycles. The molecule has 70 valence electrons. The van der Waals surface area contributed by atoms with Gasteiger partial charge in [0.2, 0.25) is 0 Å². The van der Waals surface area contributed by atoms with E-state index in [1.807, 2.05) is 6.92 Å². The Balaban J connectivity index is 4.04. The fraction of sp³-hybridized carbons (Fsp3) is 0.714. The summed E-state index contributed by atoms with van der Waals surface area (Å²) in [5, 5.41) is 8.45. The maximum Gasteiger partial charge on any atom is 0.321 e. The molecule has 0 aliphatic heterocycles. The minimum absolute atomic E-state index is 0.283. The largest absolute Gasteiger partial charge is 0.387 e. The molecule has 3 N–H and O–H groups in total. The van der Waals surface area contributed by atoms with E-state index in [-0.39, 0.29) is 6.54 Å². The fourth-order valence-corrected chi connectivity index (χ4v) is 0.759. The van der Waals surface area contributed by atoms with Gasteiger partial charge in [-0.15, -0.1) is 0 Å². The van der Waals surface area contributed by atoms with E-state index in [0.29, 0.717) is 6.42 Å². The van der Waals surface area contributed by atoms with Gasteiger partial charge < -0.3 is 10.8 Å². The molecule has 0 unspecified atom stereocenters. The second-order valence-electron chi connectivity index (χ2n) is 2.40. The summed E-state index contributed by atoms with van der Waals surface area (Å²) >= 11 is 0. The molecule has 0 aromatic rings. The van der Waals surface area contributed by atoms with E-state index >= 15 is 0 Å². The van der Waals surface area contributed by atoms with Crippen molar-refractivity contribution in [3.05, 3.63) is 0 Å². The van der Waals surface area contributed by atoms with E-state index in [1.54, 1.807) is 0 Å². The number of nitrogens with zero attached hydrogens (tertiary/aromatic N) is 1. The number of amides is 3. The van der Waals surface area contributed by atoms with Crippen LogP contribution in [-0.2, 0) is 4.79 Å². The van der Waals surface area contributed by atoms with Crippen molar-refractivity contribution in [2.45, 2.75) is 19.8 Å². The van der Waals surface area contributed by atoms with Gasteiger partial charge in [-0.3, -0.25) is 9.69 Å². The van der Waals surface area contributed by atoms with E-state index in [0.717, 1.165) is 11.3 Å². The zero-order valence-electron chi connectivity index (χ0n) is 7.12. The third-order valence-corrected chi connectivity index (χ3v) is 1.44. The molecule has 0 atom stereocenters. The summed E-state index contributed by atoms with van der Waals surface area (Å²) in [6, 6.07) is -0.803. The number of unbranched alkanes of at least 4 members (excludes halogenated alkanes) is 1. The standard InChI is InChI=1S/C7H14N2O3/c1-2-3-4-9(7(8)12)6(11)5-10/h10H,2-5H2,1H3,(H2,8,12). The average molecular weight is 174 g/mol. The first-order valence-electron chi connectivity index (χ1n) is 3.84. The molecule has 3 amide bonds. The summed E-state index contributed by atoms with van der Waals surface area (Å²) in [5.74, 6) is -0.643. The monoisotopic (exact) mass is 174 g/mol. The van der Waals surface area contributed by atoms with Crippen LogP contribution in [0.5, 0.6) is 0 Å². The Labute approximate surface area is 71.1 Å². The minimum atomic E-state index is -0.803. The predicted octanol–water partition coefficient (Wildman–Crippen LogP) is -0.314. The lowest BCUT2D eigenvalue weighted by molar-refractivity contribution is -0.131. The van der Waals surface area contributed by atoms with Crippen molar-refractivity contribution in [1.29, 1.82) is 0 Å². The second-order valence-corrected chi connectivity index (χ2v) is 2.40. The van der Waals surface area contributed by atoms with Gasteiger partial charge in [0.05, 0.1) is 0 Å². The number of nitrogens with two attached hydrogens (primary N) is 1. The lowest BCUT2D eigenvalue weighted by atomic mass is 10.3. The van der Waals surface area contributed by atoms with Gasteiger partial charge in [0, 0.05) is 6.54 Å². The van der Waals surface area contributed by atoms with E-state index in [9.17, 15) is 9.59 Å². The molecule has 0 aliphatic rings. The molecule has 0 radical (unpaired) electrons. The number of hydrogen-bond donors (Lipinski definition) is 2. The van der Waals surface area contributed by atoms with Crippen LogP contribution in [0.3, 0.4) is 0 Å². The van der Waals surface area contributed by atoms with Crippen LogP contribution in [0.15, 0.2) is 0 Å². The number of carbonyl (C=O) groups excluding carboxylic acids is 2. The summed E-state index contributed by atoms with van der Waals surface area (Å²) in [6.45, 7) is 1.54. The van der Waals surface area contributed by atoms with Crippen molar-refractivity contribution >= 4 is 11.9 Å². The molecule has 5 heteroatoms. The summed E-state index contributed by atoms with van der Waals surface area (Å²) in [6.07, 6.45) is 1.57. The van der Waals surface area contributed by atoms with Crippen molar-refractivity contribution in [2.24, 2.45) is 5.73 Å². The Kier molecular flexibility index (Phi) is 5.03. The van der Waals surface area contributed by atoms with Crippen LogP contribution in [0.25, 0.3) is 0 Å². The number of aliphatic hydroxyl groups is 1. The molecule has 0 saturated heterocycles. The molecular weight excluding hydrogens is 160 g/mol. The number of urea groups is 1. The summed E-state index contributed by atoms with van der Waals surface area (Å²) in [7, 11) is 0. The highest BCUT2D eigenvalue weighted by Gasteiger charge is 2.16. The van der Waals surface area contributed by atoms with Crippen LogP contribution < -0.4 is 5.73 Å². The lowest BCUT2D eigenvalue weighted by Gasteiger charge is -2.16. The quantitative estimate of drug-likeness (QED) is 0.613. The maximum atomic E-state index is 10.8. The van der Waals surface area contributed by atoms with Gasteiger partial charge in [-0.25, -0.2) is 4.79 Å². The summed E-state index contributed by atoms with van der Waals surface area (Å²) < 4.78 is 0. The number of imide groups is 1. The molecule has 0 spiro atoms. The van der Waals surface area contributed by atoms with Gasteiger partial charge in [0.15, 0.2) is 0 Å². The lowest BCUT2D eigenvalue weighted by Crippen LogP contribution is -2.42. The van der Waals surface area contributed by atoms with Gasteiger partial charge in [-0.2, -0.15) is 0 Å². The molecule has 12 heavy (non-hydrogen) atoms. The van der Waals surface area contributed by atoms with Crippen LogP contribution in [-0.4, -0.2) is 35.1 Å². The zero-order valence-corrected chi connectivity index (χ0v) is 7.12. The summed E-state index contributed by atoms with van der Waals surface area (Å²) in [5.41, 5.74) is 4.91. The maximum absolute atomic E-state index is 10.8. The molecule has 0 fully saturated rings. The van der Waals surface area contributed by atoms with Gasteiger partial charge in [0.1, 0.15) is 6.61 Å². The Hall–Kier alpha value is -1.10. The Morgan fingerprint density at radius 3 is 2.42 bits per heavy atom. The van der Waals surface area contributed by atoms with Crippen LogP contribution in [0.2, 0.25) is 0 Å². The van der Waals surface area contributed by atoms with Crippen LogP contribution in [0.1, 0.15) is 19.8 Å². The predicted molar refractivity (Wildman–Crippen MR) is 43.3 cm³/mol. The number of rotatable bonds is 4. The smallest absolute Gasteiger partial charge is 0.321 e. The molecule has 5 nitrogen and oxygen atoms in total. The topological polar surface area (TPSA) is 83.6 Å². The molecule has 0 aromatic carbocycles. The number of hydrogen-bond acceptors (Lipinski definition) is 3. The van der Waals surface area contributed by atoms with E-state index in [1.165, 1.54) is 0 Å². The van der Waals surface area contributed by atoms with Crippen molar-refractivity contribution in [2.75, 3.05) is 13.2 Å². The van der Waals surface area contributed by atoms with Crippen molar-refractivity contribution < 1.29 is 14.7 Å². The van der Waals surface area contributed by atoms with Crippen molar-refractivity contribution in [1.82, 2.24) is 4.90 Å². The van der Waals surface area contributed by atoms with Gasteiger partial charge in [0.25, 0.3) is 5.91 Å². The average Bonchev–Trinajstić information content (AvgIpc) is 2.04. The first-order chi connectivity index (χ1) is 5.63. The van der Waals surface area contributed by atoms with Gasteiger partial charge >= 0.3 is 6.03 Å². The Morgan fingerprint density at radius 1 is 1.50 bits per heavy atom. The highest BCUT2D eigenvalue weighted by Crippen LogP contribution is 1.95. The first-order valence-corrected chi connectivity index (χ1v) is 3.84. The summed E-state index contributed by atoms with van der Waals surface area (Å²) in [4.78, 5) is 22.3. The molecule has 0 aromatic heterocycles. The van der Waals surface area contributed by atoms with Crippen molar-refractivity contribution in [3.63, 3.8) is 0 Å². The molecule has 0 aliphatic carbocycles. The fourth-order valence-electron chi connectivity index (χ4n) is 0.759. The SMILES string of the molecule is CCCCN(C(N)=O)C(=O)CO. The zero-order chi connectivity index (χ0) is 9.56. The number of primary amides is 1. The normalized spacial score (nSPS) is 9.50. The third-order valence-electron chi connectivity index (χ3n) is 1.44. The van der Waals surface area contributed by atoms with Gasteiger partial charge in [-0.1, -0.05) is 13.3 Å². The van der Waals surface area contributed by atoms with Crippen LogP contribution in [0.4, 0.5) is 4.79 Å². The molecule has 0 heterocycles. The number of carbonyl (C=O) groups is 2. The first kappa shape index (κ1) is 10.9. The van der Waals surface area contributed by atoms with Crippen molar-refractivity contribution in [3.8, 4) is 0 Å². The molecule has 0 rings (SSSR count). The second kappa shape index (κ2) is 5.54. The van der Waals surface area contributed by atoms with Crippen LogP contribution >= 0.6 is 0 Å². The Morgan fingerprint density at radius 2 is 2.08 bits per heavy atom. The van der Waals surface area contributed by atoms with Gasteiger partial charge in [-0.05, 0) is 6.42 Å². The van der Waals surface area contributed by atoms with E-state index in [4.69, 9.17) is 10.8 Å². The Bertz CT molecular complexity index is 170. The third kappa shape index (κ3) is 3.34. The van der Waals surface area contributed by atoms with E-state index in [2.05, 4.69) is 0 Å². The highest BCUT2D eigenvalue weighted by molar-refractivity contribution is 5.94. The van der Waals surface area contributed by atoms with E-state index < -0.39 is 18.5 Å². The van der Waals surface area contributed by atoms with Crippen LogP contribution in [0, 0.1) is 0 Å².